The van der Waals surface area contributed by atoms with Crippen LogP contribution in [-0.2, 0) is 6.42 Å². The van der Waals surface area contributed by atoms with Crippen LogP contribution in [0.2, 0.25) is 5.15 Å². The van der Waals surface area contributed by atoms with Crippen LogP contribution in [0, 0.1) is 13.8 Å². The maximum Gasteiger partial charge on any atom is 0.146 e. The van der Waals surface area contributed by atoms with Crippen molar-refractivity contribution in [2.45, 2.75) is 33.6 Å². The van der Waals surface area contributed by atoms with E-state index in [1.54, 1.807) is 6.20 Å². The smallest absolute Gasteiger partial charge is 0.146 e. The average molecular weight is 251 g/mol. The van der Waals surface area contributed by atoms with Gasteiger partial charge in [-0.2, -0.15) is 0 Å². The number of rotatable bonds is 3. The van der Waals surface area contributed by atoms with Gasteiger partial charge in [0.15, 0.2) is 0 Å². The molecule has 2 rings (SSSR count). The lowest BCUT2D eigenvalue weighted by atomic mass is 10.3. The zero-order chi connectivity index (χ0) is 12.4. The maximum atomic E-state index is 6.14. The van der Waals surface area contributed by atoms with Gasteiger partial charge in [0.25, 0.3) is 0 Å². The number of halogens is 1. The van der Waals surface area contributed by atoms with E-state index in [1.807, 2.05) is 24.6 Å². The van der Waals surface area contributed by atoms with Gasteiger partial charge in [-0.05, 0) is 20.3 Å². The predicted molar refractivity (Wildman–Crippen MR) is 67.6 cm³/mol. The summed E-state index contributed by atoms with van der Waals surface area (Å²) >= 11 is 6.14. The standard InChI is InChI=1S/C12H15ClN4/c1-4-5-10-15-11(13)8(2)12(16-10)17-7-6-14-9(17)3/h6-7H,4-5H2,1-3H3. The summed E-state index contributed by atoms with van der Waals surface area (Å²) in [7, 11) is 0. The van der Waals surface area contributed by atoms with Crippen LogP contribution in [0.3, 0.4) is 0 Å². The molecule has 17 heavy (non-hydrogen) atoms. The van der Waals surface area contributed by atoms with E-state index < -0.39 is 0 Å². The molecule has 0 N–H and O–H groups in total. The highest BCUT2D eigenvalue weighted by Crippen LogP contribution is 2.20. The average Bonchev–Trinajstić information content (AvgIpc) is 2.70. The van der Waals surface area contributed by atoms with Crippen molar-refractivity contribution in [3.05, 3.63) is 34.8 Å². The summed E-state index contributed by atoms with van der Waals surface area (Å²) in [4.78, 5) is 13.0. The van der Waals surface area contributed by atoms with Crippen molar-refractivity contribution in [1.82, 2.24) is 19.5 Å². The molecule has 0 fully saturated rings. The number of hydrogen-bond acceptors (Lipinski definition) is 3. The fourth-order valence-corrected chi connectivity index (χ4v) is 1.87. The van der Waals surface area contributed by atoms with E-state index in [0.29, 0.717) is 5.15 Å². The molecule has 0 spiro atoms. The Labute approximate surface area is 106 Å². The highest BCUT2D eigenvalue weighted by molar-refractivity contribution is 6.30. The zero-order valence-electron chi connectivity index (χ0n) is 10.2. The second kappa shape index (κ2) is 4.84. The first-order valence-corrected chi connectivity index (χ1v) is 6.04. The first-order chi connectivity index (χ1) is 8.13. The van der Waals surface area contributed by atoms with Crippen LogP contribution in [0.25, 0.3) is 5.82 Å². The molecule has 5 heteroatoms. The molecule has 0 saturated heterocycles. The number of aryl methyl sites for hydroxylation is 2. The van der Waals surface area contributed by atoms with E-state index in [4.69, 9.17) is 11.6 Å². The third kappa shape index (κ3) is 2.31. The van der Waals surface area contributed by atoms with Crippen molar-refractivity contribution >= 4 is 11.6 Å². The van der Waals surface area contributed by atoms with Gasteiger partial charge >= 0.3 is 0 Å². The lowest BCUT2D eigenvalue weighted by Gasteiger charge is -2.10. The summed E-state index contributed by atoms with van der Waals surface area (Å²) < 4.78 is 1.93. The Bertz CT molecular complexity index is 533. The van der Waals surface area contributed by atoms with Crippen molar-refractivity contribution in [1.29, 1.82) is 0 Å². The quantitative estimate of drug-likeness (QED) is 0.787. The van der Waals surface area contributed by atoms with Crippen LogP contribution in [0.4, 0.5) is 0 Å². The second-order valence-electron chi connectivity index (χ2n) is 3.97. The molecule has 0 aliphatic carbocycles. The summed E-state index contributed by atoms with van der Waals surface area (Å²) in [5.74, 6) is 2.50. The van der Waals surface area contributed by atoms with Crippen molar-refractivity contribution in [3.8, 4) is 5.82 Å². The van der Waals surface area contributed by atoms with Gasteiger partial charge in [0.1, 0.15) is 22.6 Å². The van der Waals surface area contributed by atoms with Crippen LogP contribution in [-0.4, -0.2) is 19.5 Å². The Balaban J connectivity index is 2.56. The van der Waals surface area contributed by atoms with Gasteiger partial charge in [0.05, 0.1) is 0 Å². The fourth-order valence-electron chi connectivity index (χ4n) is 1.69. The molecule has 0 atom stereocenters. The summed E-state index contributed by atoms with van der Waals surface area (Å²) in [6.45, 7) is 5.96. The molecule has 0 aliphatic heterocycles. The van der Waals surface area contributed by atoms with Gasteiger partial charge in [-0.25, -0.2) is 15.0 Å². The lowest BCUT2D eigenvalue weighted by Crippen LogP contribution is -2.07. The van der Waals surface area contributed by atoms with Crippen LogP contribution in [0.15, 0.2) is 12.4 Å². The normalized spacial score (nSPS) is 10.8. The van der Waals surface area contributed by atoms with E-state index in [2.05, 4.69) is 21.9 Å². The number of aromatic nitrogens is 4. The number of nitrogens with zero attached hydrogens (tertiary/aromatic N) is 4. The van der Waals surface area contributed by atoms with Gasteiger partial charge in [0.2, 0.25) is 0 Å². The minimum atomic E-state index is 0.520. The summed E-state index contributed by atoms with van der Waals surface area (Å²) in [5, 5.41) is 0.520. The third-order valence-electron chi connectivity index (χ3n) is 2.63. The lowest BCUT2D eigenvalue weighted by molar-refractivity contribution is 0.803. The van der Waals surface area contributed by atoms with Crippen LogP contribution < -0.4 is 0 Å². The zero-order valence-corrected chi connectivity index (χ0v) is 11.0. The SMILES string of the molecule is CCCc1nc(Cl)c(C)c(-n2ccnc2C)n1. The topological polar surface area (TPSA) is 43.6 Å². The van der Waals surface area contributed by atoms with Gasteiger partial charge in [0, 0.05) is 24.4 Å². The van der Waals surface area contributed by atoms with Crippen LogP contribution in [0.1, 0.15) is 30.6 Å². The van der Waals surface area contributed by atoms with Gasteiger partial charge in [-0.15, -0.1) is 0 Å². The maximum absolute atomic E-state index is 6.14. The van der Waals surface area contributed by atoms with Crippen molar-refractivity contribution in [2.75, 3.05) is 0 Å². The number of hydrogen-bond donors (Lipinski definition) is 0. The fraction of sp³-hybridized carbons (Fsp3) is 0.417. The molecule has 0 aliphatic rings. The Morgan fingerprint density at radius 2 is 2.06 bits per heavy atom. The van der Waals surface area contributed by atoms with E-state index in [-0.39, 0.29) is 0 Å². The van der Waals surface area contributed by atoms with E-state index in [9.17, 15) is 0 Å². The molecule has 90 valence electrons. The monoisotopic (exact) mass is 250 g/mol. The molecule has 4 nitrogen and oxygen atoms in total. The first-order valence-electron chi connectivity index (χ1n) is 5.66. The van der Waals surface area contributed by atoms with Crippen molar-refractivity contribution < 1.29 is 0 Å². The Kier molecular flexibility index (Phi) is 3.43. The molecule has 2 heterocycles. The highest BCUT2D eigenvalue weighted by Gasteiger charge is 2.12. The molecule has 0 saturated carbocycles. The molecule has 2 aromatic heterocycles. The van der Waals surface area contributed by atoms with Gasteiger partial charge in [-0.3, -0.25) is 4.57 Å². The Morgan fingerprint density at radius 1 is 1.29 bits per heavy atom. The second-order valence-corrected chi connectivity index (χ2v) is 4.33. The molecular weight excluding hydrogens is 236 g/mol. The summed E-state index contributed by atoms with van der Waals surface area (Å²) in [6.07, 6.45) is 5.48. The van der Waals surface area contributed by atoms with E-state index in [0.717, 1.165) is 35.9 Å². The first kappa shape index (κ1) is 12.0. The predicted octanol–water partition coefficient (Wildman–Crippen LogP) is 2.89. The Morgan fingerprint density at radius 3 is 2.65 bits per heavy atom. The molecule has 0 bridgehead atoms. The minimum Gasteiger partial charge on any atom is -0.288 e. The van der Waals surface area contributed by atoms with Gasteiger partial charge < -0.3 is 0 Å². The third-order valence-corrected chi connectivity index (χ3v) is 3.00. The van der Waals surface area contributed by atoms with E-state index in [1.165, 1.54) is 0 Å². The Hall–Kier alpha value is -1.42. The molecular formula is C12H15ClN4. The van der Waals surface area contributed by atoms with Crippen LogP contribution in [0.5, 0.6) is 0 Å². The van der Waals surface area contributed by atoms with E-state index >= 15 is 0 Å². The van der Waals surface area contributed by atoms with Crippen LogP contribution >= 0.6 is 11.6 Å². The molecule has 2 aromatic rings. The van der Waals surface area contributed by atoms with Gasteiger partial charge in [-0.1, -0.05) is 18.5 Å². The summed E-state index contributed by atoms with van der Waals surface area (Å²) in [6, 6.07) is 0. The van der Waals surface area contributed by atoms with Crippen molar-refractivity contribution in [3.63, 3.8) is 0 Å². The molecule has 0 amide bonds. The van der Waals surface area contributed by atoms with Crippen molar-refractivity contribution in [2.24, 2.45) is 0 Å². The largest absolute Gasteiger partial charge is 0.288 e. The number of imidazole rings is 1. The summed E-state index contributed by atoms with van der Waals surface area (Å²) in [5.41, 5.74) is 0.882. The molecule has 0 aromatic carbocycles. The minimum absolute atomic E-state index is 0.520. The highest BCUT2D eigenvalue weighted by atomic mass is 35.5. The molecule has 0 radical (unpaired) electrons. The molecule has 0 unspecified atom stereocenters.